The Kier molecular flexibility index (Phi) is 19.5. The van der Waals surface area contributed by atoms with Crippen LogP contribution in [0.3, 0.4) is 0 Å². The number of carbonyl (C=O) groups excluding carboxylic acids is 2. The molecule has 0 saturated carbocycles. The molecule has 0 aromatic heterocycles. The number of nitrogens with zero attached hydrogens (tertiary/aromatic N) is 1. The molecule has 0 aromatic rings. The number of hydrogen-bond acceptors (Lipinski definition) is 3. The first kappa shape index (κ1) is 25.8. The van der Waals surface area contributed by atoms with Gasteiger partial charge in [-0.3, -0.25) is 4.79 Å². The van der Waals surface area contributed by atoms with E-state index in [0.717, 1.165) is 12.8 Å². The second-order valence-electron chi connectivity index (χ2n) is 6.29. The van der Waals surface area contributed by atoms with Crippen LogP contribution in [0.15, 0.2) is 0 Å². The van der Waals surface area contributed by atoms with E-state index in [-0.39, 0.29) is 57.3 Å². The van der Waals surface area contributed by atoms with E-state index in [1.165, 1.54) is 76.7 Å². The molecule has 23 heavy (non-hydrogen) atoms. The summed E-state index contributed by atoms with van der Waals surface area (Å²) >= 11 is 0. The zero-order valence-corrected chi connectivity index (χ0v) is 18.9. The van der Waals surface area contributed by atoms with Gasteiger partial charge in [0.1, 0.15) is 0 Å². The molecule has 0 N–H and O–H groups in total. The minimum Gasteiger partial charge on any atom is -0.548 e. The van der Waals surface area contributed by atoms with E-state index in [4.69, 9.17) is 0 Å². The summed E-state index contributed by atoms with van der Waals surface area (Å²) in [5, 5.41) is 10.7. The first-order chi connectivity index (χ1) is 10.5. The van der Waals surface area contributed by atoms with Crippen molar-refractivity contribution in [1.29, 1.82) is 0 Å². The van der Waals surface area contributed by atoms with Gasteiger partial charge in [-0.05, 0) is 13.3 Å². The molecule has 4 nitrogen and oxygen atoms in total. The fourth-order valence-corrected chi connectivity index (χ4v) is 2.49. The van der Waals surface area contributed by atoms with Crippen molar-refractivity contribution < 1.29 is 66.1 Å². The van der Waals surface area contributed by atoms with Gasteiger partial charge in [-0.25, -0.2) is 0 Å². The van der Waals surface area contributed by atoms with Crippen molar-refractivity contribution in [2.75, 3.05) is 7.05 Å². The maximum absolute atomic E-state index is 11.8. The van der Waals surface area contributed by atoms with Gasteiger partial charge in [0.15, 0.2) is 0 Å². The summed E-state index contributed by atoms with van der Waals surface area (Å²) in [7, 11) is 1.53. The molecule has 0 aromatic carbocycles. The molecule has 0 heterocycles. The van der Waals surface area contributed by atoms with Crippen molar-refractivity contribution in [2.24, 2.45) is 0 Å². The Bertz CT molecular complexity index is 311. The summed E-state index contributed by atoms with van der Waals surface area (Å²) in [4.78, 5) is 23.8. The van der Waals surface area contributed by atoms with Crippen LogP contribution in [0.25, 0.3) is 0 Å². The Morgan fingerprint density at radius 2 is 1.26 bits per heavy atom. The maximum atomic E-state index is 11.8. The number of unbranched alkanes of at least 4 members (excludes halogenated alkanes) is 10. The number of aliphatic carboxylic acids is 1. The summed E-state index contributed by atoms with van der Waals surface area (Å²) in [6, 6.07) is -0.847. The minimum absolute atomic E-state index is 0. The van der Waals surface area contributed by atoms with Crippen LogP contribution in [0, 0.1) is 0 Å². The minimum atomic E-state index is -1.20. The number of carboxylic acid groups (broad SMARTS) is 1. The largest absolute Gasteiger partial charge is 1.00 e. The van der Waals surface area contributed by atoms with E-state index in [1.54, 1.807) is 0 Å². The maximum Gasteiger partial charge on any atom is 1.00 e. The van der Waals surface area contributed by atoms with E-state index >= 15 is 0 Å². The van der Waals surface area contributed by atoms with Crippen LogP contribution in [0.1, 0.15) is 90.9 Å². The van der Waals surface area contributed by atoms with Crippen LogP contribution < -0.4 is 56.5 Å². The van der Waals surface area contributed by atoms with E-state index < -0.39 is 12.0 Å². The molecule has 0 spiro atoms. The average molecular weight is 352 g/mol. The van der Waals surface area contributed by atoms with Crippen molar-refractivity contribution in [3.8, 4) is 0 Å². The third-order valence-corrected chi connectivity index (χ3v) is 4.31. The van der Waals surface area contributed by atoms with Gasteiger partial charge in [0, 0.05) is 13.5 Å². The zero-order valence-electron chi connectivity index (χ0n) is 15.7. The normalized spacial score (nSPS) is 11.6. The average Bonchev–Trinajstić information content (AvgIpc) is 2.50. The van der Waals surface area contributed by atoms with Gasteiger partial charge < -0.3 is 14.8 Å². The van der Waals surface area contributed by atoms with E-state index in [9.17, 15) is 14.7 Å². The van der Waals surface area contributed by atoms with Crippen LogP contribution in [0.4, 0.5) is 0 Å². The van der Waals surface area contributed by atoms with Gasteiger partial charge in [0.2, 0.25) is 5.91 Å². The molecule has 1 atom stereocenters. The number of amides is 1. The second-order valence-corrected chi connectivity index (χ2v) is 6.29. The molecule has 0 aliphatic carbocycles. The van der Waals surface area contributed by atoms with Crippen LogP contribution in [-0.2, 0) is 9.59 Å². The van der Waals surface area contributed by atoms with Crippen LogP contribution in [-0.4, -0.2) is 29.9 Å². The number of hydrogen-bond donors (Lipinski definition) is 0. The van der Waals surface area contributed by atoms with Gasteiger partial charge in [-0.15, -0.1) is 0 Å². The van der Waals surface area contributed by atoms with Crippen molar-refractivity contribution in [1.82, 2.24) is 4.90 Å². The van der Waals surface area contributed by atoms with Crippen molar-refractivity contribution in [3.63, 3.8) is 0 Å². The fourth-order valence-electron chi connectivity index (χ4n) is 2.49. The Morgan fingerprint density at radius 3 is 1.65 bits per heavy atom. The van der Waals surface area contributed by atoms with Gasteiger partial charge in [-0.1, -0.05) is 71.1 Å². The zero-order chi connectivity index (χ0) is 16.8. The summed E-state index contributed by atoms with van der Waals surface area (Å²) in [6.07, 6.45) is 14.1. The Balaban J connectivity index is 0. The van der Waals surface area contributed by atoms with Crippen molar-refractivity contribution in [2.45, 2.75) is 96.9 Å². The second kappa shape index (κ2) is 17.4. The molecular weight excluding hydrogens is 317 g/mol. The van der Waals surface area contributed by atoms with Crippen molar-refractivity contribution in [3.05, 3.63) is 0 Å². The summed E-state index contributed by atoms with van der Waals surface area (Å²) in [5.41, 5.74) is 0. The predicted molar refractivity (Wildman–Crippen MR) is 88.3 cm³/mol. The number of carboxylic acids is 1. The topological polar surface area (TPSA) is 60.4 Å². The Labute approximate surface area is 185 Å². The molecule has 0 rings (SSSR count). The summed E-state index contributed by atoms with van der Waals surface area (Å²) in [5.74, 6) is -1.30. The van der Waals surface area contributed by atoms with E-state index in [1.807, 2.05) is 0 Å². The number of likely N-dealkylation sites (N-methyl/N-ethyl adjacent to an activating group) is 1. The van der Waals surface area contributed by atoms with Gasteiger partial charge in [0.05, 0.1) is 12.0 Å². The van der Waals surface area contributed by atoms with E-state index in [0.29, 0.717) is 6.42 Å². The van der Waals surface area contributed by atoms with Gasteiger partial charge in [0.25, 0.3) is 0 Å². The molecule has 5 heteroatoms. The molecule has 130 valence electrons. The molecule has 1 amide bonds. The van der Waals surface area contributed by atoms with Gasteiger partial charge >= 0.3 is 51.4 Å². The standard InChI is InChI=1S/C18H35NO3.K/c1-4-5-6-7-8-9-10-11-12-13-14-15-17(20)19(3)16(2)18(21)22;/h16H,4-15H2,1-3H3,(H,21,22);/q;+1/p-1/t16-;/m0./s1. The SMILES string of the molecule is CCCCCCCCCCCCCC(=O)N(C)[C@@H](C)C(=O)[O-].[K+]. The molecule has 0 bridgehead atoms. The predicted octanol–water partition coefficient (Wildman–Crippen LogP) is 0.288. The molecule has 0 aliphatic heterocycles. The molecule has 0 radical (unpaired) electrons. The number of rotatable bonds is 14. The van der Waals surface area contributed by atoms with Crippen LogP contribution >= 0.6 is 0 Å². The molecular formula is C18H34KNO3. The van der Waals surface area contributed by atoms with Crippen LogP contribution in [0.2, 0.25) is 0 Å². The third-order valence-electron chi connectivity index (χ3n) is 4.31. The first-order valence-corrected chi connectivity index (χ1v) is 8.97. The first-order valence-electron chi connectivity index (χ1n) is 8.97. The summed E-state index contributed by atoms with van der Waals surface area (Å²) < 4.78 is 0. The molecule has 0 aliphatic rings. The van der Waals surface area contributed by atoms with Gasteiger partial charge in [-0.2, -0.15) is 0 Å². The summed E-state index contributed by atoms with van der Waals surface area (Å²) in [6.45, 7) is 3.72. The monoisotopic (exact) mass is 351 g/mol. The molecule has 0 saturated heterocycles. The number of carbonyl (C=O) groups is 2. The van der Waals surface area contributed by atoms with Crippen molar-refractivity contribution >= 4 is 11.9 Å². The smallest absolute Gasteiger partial charge is 0.548 e. The Morgan fingerprint density at radius 1 is 0.870 bits per heavy atom. The molecule has 0 fully saturated rings. The fraction of sp³-hybridized carbons (Fsp3) is 0.889. The third kappa shape index (κ3) is 14.6. The van der Waals surface area contributed by atoms with Crippen LogP contribution in [0.5, 0.6) is 0 Å². The van der Waals surface area contributed by atoms with E-state index in [2.05, 4.69) is 6.92 Å². The molecule has 0 unspecified atom stereocenters. The Hall–Kier alpha value is 0.576. The quantitative estimate of drug-likeness (QED) is 0.334.